The zero-order chi connectivity index (χ0) is 25.5. The van der Waals surface area contributed by atoms with Gasteiger partial charge in [0.05, 0.1) is 23.8 Å². The Morgan fingerprint density at radius 3 is 2.64 bits per heavy atom. The third-order valence-electron chi connectivity index (χ3n) is 6.99. The van der Waals surface area contributed by atoms with E-state index in [9.17, 15) is 18.0 Å². The highest BCUT2D eigenvalue weighted by atomic mass is 19.4. The Balaban J connectivity index is 1.14. The number of allylic oxidation sites excluding steroid dienone is 3. The molecule has 2 amide bonds. The molecule has 0 saturated carbocycles. The van der Waals surface area contributed by atoms with E-state index in [1.165, 1.54) is 12.2 Å². The van der Waals surface area contributed by atoms with E-state index in [1.54, 1.807) is 11.0 Å². The summed E-state index contributed by atoms with van der Waals surface area (Å²) in [5.74, 6) is 0.587. The van der Waals surface area contributed by atoms with Gasteiger partial charge in [-0.3, -0.25) is 5.32 Å². The summed E-state index contributed by atoms with van der Waals surface area (Å²) in [5.41, 5.74) is 1.17. The van der Waals surface area contributed by atoms with Crippen molar-refractivity contribution in [1.29, 1.82) is 0 Å². The van der Waals surface area contributed by atoms with Crippen LogP contribution in [0.25, 0.3) is 0 Å². The zero-order valence-corrected chi connectivity index (χ0v) is 19.8. The second kappa shape index (κ2) is 9.26. The maximum absolute atomic E-state index is 12.6. The summed E-state index contributed by atoms with van der Waals surface area (Å²) in [5, 5.41) is 10.7. The lowest BCUT2D eigenvalue weighted by Crippen LogP contribution is -2.47. The lowest BCUT2D eigenvalue weighted by molar-refractivity contribution is -0.303. The third kappa shape index (κ3) is 5.11. The predicted octanol–water partition coefficient (Wildman–Crippen LogP) is 4.71. The van der Waals surface area contributed by atoms with Gasteiger partial charge in [0.2, 0.25) is 11.8 Å². The number of ether oxygens (including phenoxy) is 2. The molecule has 4 heterocycles. The molecule has 1 N–H and O–H groups in total. The van der Waals surface area contributed by atoms with Crippen LogP contribution in [0.1, 0.15) is 60.5 Å². The number of halogens is 3. The highest BCUT2D eigenvalue weighted by Crippen LogP contribution is 2.42. The van der Waals surface area contributed by atoms with E-state index in [-0.39, 0.29) is 35.6 Å². The van der Waals surface area contributed by atoms with E-state index in [4.69, 9.17) is 13.8 Å². The summed E-state index contributed by atoms with van der Waals surface area (Å²) in [6.07, 6.45) is 1.76. The molecule has 2 unspecified atom stereocenters. The van der Waals surface area contributed by atoms with Crippen molar-refractivity contribution in [2.24, 2.45) is 0 Å². The maximum Gasteiger partial charge on any atom is 0.573 e. The average Bonchev–Trinajstić information content (AvgIpc) is 3.55. The van der Waals surface area contributed by atoms with Crippen molar-refractivity contribution >= 4 is 11.9 Å². The molecule has 13 heteroatoms. The van der Waals surface area contributed by atoms with Crippen LogP contribution in [-0.4, -0.2) is 57.9 Å². The van der Waals surface area contributed by atoms with Gasteiger partial charge in [0.15, 0.2) is 5.82 Å². The van der Waals surface area contributed by atoms with Gasteiger partial charge < -0.3 is 23.4 Å². The second-order valence-corrected chi connectivity index (χ2v) is 9.38. The molecule has 2 atom stereocenters. The molecule has 1 aliphatic carbocycles. The molecule has 36 heavy (non-hydrogen) atoms. The van der Waals surface area contributed by atoms with Crippen molar-refractivity contribution in [2.75, 3.05) is 25.0 Å². The van der Waals surface area contributed by atoms with Crippen molar-refractivity contribution < 1.29 is 36.5 Å². The number of urea groups is 1. The standard InChI is InChI=1S/C23H26F3N5O5/c1-13-14(2)29-35-19(13)28-21(32)31-9-7-22(8-10-31)11-16(12-33-22)18-27-20(36-30-18)15-3-5-17(6-4-15)34-23(24,25)26/h3,5-6,15-16H,4,7-12H2,1-2H3,(H,28,32). The van der Waals surface area contributed by atoms with Gasteiger partial charge in [-0.2, -0.15) is 4.98 Å². The van der Waals surface area contributed by atoms with Crippen LogP contribution in [0.15, 0.2) is 33.0 Å². The second-order valence-electron chi connectivity index (χ2n) is 9.38. The lowest BCUT2D eigenvalue weighted by Gasteiger charge is -2.38. The highest BCUT2D eigenvalue weighted by molar-refractivity contribution is 5.88. The number of aryl methyl sites for hydroxylation is 1. The Morgan fingerprint density at radius 1 is 1.22 bits per heavy atom. The van der Waals surface area contributed by atoms with Gasteiger partial charge in [0, 0.05) is 24.6 Å². The first-order valence-corrected chi connectivity index (χ1v) is 11.7. The number of nitrogens with zero attached hydrogens (tertiary/aromatic N) is 4. The number of hydrogen-bond donors (Lipinski definition) is 1. The van der Waals surface area contributed by atoms with Crippen molar-refractivity contribution in [2.45, 2.75) is 63.3 Å². The molecule has 3 aliphatic rings. The lowest BCUT2D eigenvalue weighted by atomic mass is 9.85. The number of nitrogens with one attached hydrogen (secondary N) is 1. The minimum absolute atomic E-state index is 0.0602. The molecule has 10 nitrogen and oxygen atoms in total. The largest absolute Gasteiger partial charge is 0.573 e. The van der Waals surface area contributed by atoms with Crippen LogP contribution in [0.3, 0.4) is 0 Å². The van der Waals surface area contributed by atoms with Crippen molar-refractivity contribution in [3.05, 3.63) is 47.0 Å². The van der Waals surface area contributed by atoms with E-state index in [0.717, 1.165) is 11.3 Å². The Morgan fingerprint density at radius 2 is 2.00 bits per heavy atom. The molecule has 1 spiro atoms. The van der Waals surface area contributed by atoms with Crippen LogP contribution in [0.4, 0.5) is 23.8 Å². The van der Waals surface area contributed by atoms with Crippen LogP contribution in [-0.2, 0) is 9.47 Å². The van der Waals surface area contributed by atoms with Crippen LogP contribution < -0.4 is 5.32 Å². The van der Waals surface area contributed by atoms with Gasteiger partial charge in [-0.15, -0.1) is 13.2 Å². The summed E-state index contributed by atoms with van der Waals surface area (Å²) in [4.78, 5) is 18.9. The van der Waals surface area contributed by atoms with Crippen LogP contribution in [0, 0.1) is 13.8 Å². The fraction of sp³-hybridized carbons (Fsp3) is 0.565. The van der Waals surface area contributed by atoms with E-state index in [0.29, 0.717) is 56.6 Å². The number of aromatic nitrogens is 3. The Labute approximate surface area is 204 Å². The summed E-state index contributed by atoms with van der Waals surface area (Å²) in [6.45, 7) is 5.15. The normalized spacial score (nSPS) is 23.7. The summed E-state index contributed by atoms with van der Waals surface area (Å²) in [6, 6.07) is -0.236. The third-order valence-corrected chi connectivity index (χ3v) is 6.99. The molecule has 0 aromatic carbocycles. The first-order chi connectivity index (χ1) is 17.1. The zero-order valence-electron chi connectivity index (χ0n) is 19.8. The molecule has 2 saturated heterocycles. The summed E-state index contributed by atoms with van der Waals surface area (Å²) in [7, 11) is 0. The van der Waals surface area contributed by atoms with Crippen LogP contribution in [0.5, 0.6) is 0 Å². The fourth-order valence-corrected chi connectivity index (χ4v) is 4.74. The van der Waals surface area contributed by atoms with E-state index >= 15 is 0 Å². The number of carbonyl (C=O) groups excluding carboxylic acids is 1. The summed E-state index contributed by atoms with van der Waals surface area (Å²) >= 11 is 0. The van der Waals surface area contributed by atoms with E-state index < -0.39 is 6.36 Å². The predicted molar refractivity (Wildman–Crippen MR) is 118 cm³/mol. The van der Waals surface area contributed by atoms with Crippen molar-refractivity contribution in [1.82, 2.24) is 20.2 Å². The molecule has 2 aliphatic heterocycles. The van der Waals surface area contributed by atoms with Gasteiger partial charge >= 0.3 is 12.4 Å². The van der Waals surface area contributed by atoms with Gasteiger partial charge in [-0.05, 0) is 51.7 Å². The first-order valence-electron chi connectivity index (χ1n) is 11.7. The molecule has 2 fully saturated rings. The molecule has 2 aromatic rings. The Kier molecular flexibility index (Phi) is 6.27. The minimum Gasteiger partial charge on any atom is -0.406 e. The molecule has 0 bridgehead atoms. The van der Waals surface area contributed by atoms with Crippen LogP contribution in [0.2, 0.25) is 0 Å². The first kappa shape index (κ1) is 24.3. The van der Waals surface area contributed by atoms with Gasteiger partial charge in [-0.25, -0.2) is 4.79 Å². The molecule has 0 radical (unpaired) electrons. The number of alkyl halides is 3. The van der Waals surface area contributed by atoms with Gasteiger partial charge in [0.1, 0.15) is 5.76 Å². The molecular formula is C23H26F3N5O5. The maximum atomic E-state index is 12.6. The smallest absolute Gasteiger partial charge is 0.406 e. The number of amides is 2. The fourth-order valence-electron chi connectivity index (χ4n) is 4.74. The van der Waals surface area contributed by atoms with Gasteiger partial charge in [0.25, 0.3) is 0 Å². The van der Waals surface area contributed by atoms with Crippen LogP contribution >= 0.6 is 0 Å². The monoisotopic (exact) mass is 509 g/mol. The SMILES string of the molecule is Cc1noc(NC(=O)N2CCC3(CC2)CC(c2noc(C4C=CC(OC(F)(F)F)=CC4)n2)CO3)c1C. The minimum atomic E-state index is -4.73. The number of hydrogen-bond acceptors (Lipinski definition) is 8. The number of rotatable bonds is 4. The molecule has 2 aromatic heterocycles. The van der Waals surface area contributed by atoms with E-state index in [2.05, 4.69) is 25.4 Å². The van der Waals surface area contributed by atoms with Crippen molar-refractivity contribution in [3.63, 3.8) is 0 Å². The number of anilines is 1. The highest BCUT2D eigenvalue weighted by Gasteiger charge is 2.45. The number of likely N-dealkylation sites (tertiary alicyclic amines) is 1. The summed E-state index contributed by atoms with van der Waals surface area (Å²) < 4.78 is 57.8. The quantitative estimate of drug-likeness (QED) is 0.630. The topological polar surface area (TPSA) is 116 Å². The molecular weight excluding hydrogens is 483 g/mol. The van der Waals surface area contributed by atoms with E-state index in [1.807, 2.05) is 13.8 Å². The molecule has 194 valence electrons. The number of carbonyl (C=O) groups is 1. The van der Waals surface area contributed by atoms with Gasteiger partial charge in [-0.1, -0.05) is 16.4 Å². The Bertz CT molecular complexity index is 1180. The van der Waals surface area contributed by atoms with Crippen molar-refractivity contribution in [3.8, 4) is 0 Å². The molecule has 5 rings (SSSR count). The Hall–Kier alpha value is -3.35. The average molecular weight is 509 g/mol. The number of piperidine rings is 1.